The average Bonchev–Trinajstić information content (AvgIpc) is 3.18. The Balaban J connectivity index is 1.56. The molecule has 0 bridgehead atoms. The fourth-order valence-electron chi connectivity index (χ4n) is 4.08. The molecular weight excluding hydrogens is 370 g/mol. The van der Waals surface area contributed by atoms with Crippen LogP contribution in [0.5, 0.6) is 11.5 Å². The fourth-order valence-corrected chi connectivity index (χ4v) is 4.08. The molecule has 152 valence electrons. The van der Waals surface area contributed by atoms with Crippen molar-refractivity contribution >= 4 is 22.6 Å². The van der Waals surface area contributed by atoms with Crippen molar-refractivity contribution < 1.29 is 19.4 Å². The zero-order valence-electron chi connectivity index (χ0n) is 16.6. The minimum atomic E-state index is -0.844. The lowest BCUT2D eigenvalue weighted by molar-refractivity contribution is -0.143. The molecule has 2 aromatic carbocycles. The number of hydrogen-bond donors (Lipinski definition) is 2. The van der Waals surface area contributed by atoms with E-state index in [0.29, 0.717) is 18.8 Å². The Morgan fingerprint density at radius 3 is 2.52 bits per heavy atom. The number of nitrogens with one attached hydrogen (secondary N) is 1. The summed E-state index contributed by atoms with van der Waals surface area (Å²) in [5, 5.41) is 10.9. The number of anilines is 1. The van der Waals surface area contributed by atoms with E-state index in [2.05, 4.69) is 16.0 Å². The van der Waals surface area contributed by atoms with Crippen molar-refractivity contribution in [3.63, 3.8) is 0 Å². The first kappa shape index (κ1) is 19.1. The number of carbonyl (C=O) groups is 1. The molecule has 29 heavy (non-hydrogen) atoms. The number of fused-ring (bicyclic) bond motifs is 1. The van der Waals surface area contributed by atoms with Crippen LogP contribution in [0.15, 0.2) is 48.7 Å². The molecule has 7 nitrogen and oxygen atoms in total. The number of piperazine rings is 1. The van der Waals surface area contributed by atoms with E-state index in [1.54, 1.807) is 20.4 Å². The molecule has 2 heterocycles. The molecule has 0 spiro atoms. The van der Waals surface area contributed by atoms with Gasteiger partial charge in [-0.05, 0) is 18.2 Å². The van der Waals surface area contributed by atoms with Gasteiger partial charge in [-0.2, -0.15) is 0 Å². The number of aliphatic carboxylic acids is 1. The second-order valence-electron chi connectivity index (χ2n) is 7.09. The summed E-state index contributed by atoms with van der Waals surface area (Å²) in [5.74, 6) is 0.686. The minimum Gasteiger partial charge on any atom is -0.497 e. The topological polar surface area (TPSA) is 78.0 Å². The Bertz CT molecular complexity index is 1010. The number of ether oxygens (including phenoxy) is 2. The van der Waals surface area contributed by atoms with E-state index in [9.17, 15) is 9.90 Å². The summed E-state index contributed by atoms with van der Waals surface area (Å²) in [4.78, 5) is 19.7. The molecule has 1 atom stereocenters. The summed E-state index contributed by atoms with van der Waals surface area (Å²) in [6.07, 6.45) is 1.79. The maximum absolute atomic E-state index is 12.2. The van der Waals surface area contributed by atoms with Gasteiger partial charge in [-0.3, -0.25) is 9.69 Å². The number of aromatic amines is 1. The zero-order valence-corrected chi connectivity index (χ0v) is 16.6. The Morgan fingerprint density at radius 1 is 1.07 bits per heavy atom. The molecule has 2 N–H and O–H groups in total. The molecule has 7 heteroatoms. The van der Waals surface area contributed by atoms with Crippen LogP contribution >= 0.6 is 0 Å². The highest BCUT2D eigenvalue weighted by Crippen LogP contribution is 2.34. The van der Waals surface area contributed by atoms with Crippen molar-refractivity contribution in [2.75, 3.05) is 45.3 Å². The monoisotopic (exact) mass is 395 g/mol. The summed E-state index contributed by atoms with van der Waals surface area (Å²) in [7, 11) is 3.27. The maximum Gasteiger partial charge on any atom is 0.325 e. The maximum atomic E-state index is 12.2. The number of carboxylic acid groups (broad SMARTS) is 1. The van der Waals surface area contributed by atoms with Crippen LogP contribution in [0.3, 0.4) is 0 Å². The van der Waals surface area contributed by atoms with Gasteiger partial charge in [-0.25, -0.2) is 0 Å². The molecule has 1 unspecified atom stereocenters. The van der Waals surface area contributed by atoms with E-state index in [4.69, 9.17) is 9.47 Å². The molecule has 1 aliphatic rings. The Kier molecular flexibility index (Phi) is 5.31. The summed E-state index contributed by atoms with van der Waals surface area (Å²) in [5.41, 5.74) is 2.68. The van der Waals surface area contributed by atoms with E-state index in [1.165, 1.54) is 0 Å². The molecule has 0 saturated carbocycles. The molecule has 1 fully saturated rings. The number of benzene rings is 2. The van der Waals surface area contributed by atoms with Crippen LogP contribution in [0.1, 0.15) is 11.6 Å². The first-order valence-corrected chi connectivity index (χ1v) is 9.62. The second kappa shape index (κ2) is 8.05. The van der Waals surface area contributed by atoms with Gasteiger partial charge in [-0.15, -0.1) is 0 Å². The van der Waals surface area contributed by atoms with Crippen molar-refractivity contribution in [3.8, 4) is 11.5 Å². The van der Waals surface area contributed by atoms with Crippen LogP contribution in [-0.2, 0) is 4.79 Å². The zero-order chi connectivity index (χ0) is 20.4. The summed E-state index contributed by atoms with van der Waals surface area (Å²) in [6.45, 7) is 2.82. The van der Waals surface area contributed by atoms with Gasteiger partial charge in [0.2, 0.25) is 0 Å². The number of rotatable bonds is 6. The van der Waals surface area contributed by atoms with Crippen molar-refractivity contribution in [3.05, 3.63) is 54.2 Å². The normalized spacial score (nSPS) is 16.0. The molecule has 0 aliphatic carbocycles. The van der Waals surface area contributed by atoms with E-state index in [-0.39, 0.29) is 0 Å². The Hall–Kier alpha value is -3.19. The standard InChI is InChI=1S/C22H25N3O4/c1-28-16-6-3-5-15(13-16)24-9-11-25(12-10-24)21(22(26)27)18-14-23-20-17(18)7-4-8-19(20)29-2/h3-8,13-14,21,23H,9-12H2,1-2H3,(H,26,27). The summed E-state index contributed by atoms with van der Waals surface area (Å²) < 4.78 is 10.7. The number of carboxylic acids is 1. The second-order valence-corrected chi connectivity index (χ2v) is 7.09. The lowest BCUT2D eigenvalue weighted by Gasteiger charge is -2.38. The predicted octanol–water partition coefficient (Wildman–Crippen LogP) is 3.13. The highest BCUT2D eigenvalue weighted by atomic mass is 16.5. The number of methoxy groups -OCH3 is 2. The number of para-hydroxylation sites is 1. The van der Waals surface area contributed by atoms with Crippen LogP contribution in [0.2, 0.25) is 0 Å². The molecule has 1 aromatic heterocycles. The van der Waals surface area contributed by atoms with Gasteiger partial charge in [0.1, 0.15) is 17.5 Å². The van der Waals surface area contributed by atoms with Crippen LogP contribution in [0, 0.1) is 0 Å². The Morgan fingerprint density at radius 2 is 1.83 bits per heavy atom. The van der Waals surface area contributed by atoms with E-state index in [1.807, 2.05) is 41.3 Å². The minimum absolute atomic E-state index is 0.658. The lowest BCUT2D eigenvalue weighted by Crippen LogP contribution is -2.49. The Labute approximate surface area is 169 Å². The van der Waals surface area contributed by atoms with Crippen molar-refractivity contribution in [2.24, 2.45) is 0 Å². The van der Waals surface area contributed by atoms with Crippen LogP contribution < -0.4 is 14.4 Å². The molecule has 3 aromatic rings. The van der Waals surface area contributed by atoms with E-state index in [0.717, 1.165) is 41.0 Å². The number of hydrogen-bond acceptors (Lipinski definition) is 5. The van der Waals surface area contributed by atoms with Gasteiger partial charge < -0.3 is 24.5 Å². The number of H-pyrrole nitrogens is 1. The van der Waals surface area contributed by atoms with Crippen LogP contribution in [-0.4, -0.2) is 61.4 Å². The summed E-state index contributed by atoms with van der Waals surface area (Å²) in [6, 6.07) is 12.9. The van der Waals surface area contributed by atoms with Crippen molar-refractivity contribution in [1.29, 1.82) is 0 Å². The van der Waals surface area contributed by atoms with Gasteiger partial charge in [-0.1, -0.05) is 18.2 Å². The van der Waals surface area contributed by atoms with E-state index >= 15 is 0 Å². The fraction of sp³-hybridized carbons (Fsp3) is 0.318. The molecule has 0 amide bonds. The molecule has 1 aliphatic heterocycles. The van der Waals surface area contributed by atoms with Gasteiger partial charge in [0.25, 0.3) is 0 Å². The van der Waals surface area contributed by atoms with Crippen LogP contribution in [0.4, 0.5) is 5.69 Å². The predicted molar refractivity (Wildman–Crippen MR) is 112 cm³/mol. The first-order valence-electron chi connectivity index (χ1n) is 9.62. The highest BCUT2D eigenvalue weighted by Gasteiger charge is 2.32. The van der Waals surface area contributed by atoms with Gasteiger partial charge >= 0.3 is 5.97 Å². The van der Waals surface area contributed by atoms with Gasteiger partial charge in [0.15, 0.2) is 0 Å². The molecule has 0 radical (unpaired) electrons. The molecule has 4 rings (SSSR count). The SMILES string of the molecule is COc1cccc(N2CCN(C(C(=O)O)c3c[nH]c4c(OC)cccc34)CC2)c1. The molecule has 1 saturated heterocycles. The number of nitrogens with zero attached hydrogens (tertiary/aromatic N) is 2. The third kappa shape index (κ3) is 3.61. The van der Waals surface area contributed by atoms with E-state index < -0.39 is 12.0 Å². The molecular formula is C22H25N3O4. The highest BCUT2D eigenvalue weighted by molar-refractivity contribution is 5.92. The quantitative estimate of drug-likeness (QED) is 0.668. The smallest absolute Gasteiger partial charge is 0.325 e. The van der Waals surface area contributed by atoms with Crippen LogP contribution in [0.25, 0.3) is 10.9 Å². The first-order chi connectivity index (χ1) is 14.1. The summed E-state index contributed by atoms with van der Waals surface area (Å²) >= 11 is 0. The number of aromatic nitrogens is 1. The van der Waals surface area contributed by atoms with Crippen molar-refractivity contribution in [1.82, 2.24) is 9.88 Å². The van der Waals surface area contributed by atoms with Gasteiger partial charge in [0, 0.05) is 55.1 Å². The third-order valence-electron chi connectivity index (χ3n) is 5.56. The third-order valence-corrected chi connectivity index (χ3v) is 5.56. The largest absolute Gasteiger partial charge is 0.497 e. The average molecular weight is 395 g/mol. The van der Waals surface area contributed by atoms with Gasteiger partial charge in [0.05, 0.1) is 19.7 Å². The lowest BCUT2D eigenvalue weighted by atomic mass is 10.0. The van der Waals surface area contributed by atoms with Crippen molar-refractivity contribution in [2.45, 2.75) is 6.04 Å².